The van der Waals surface area contributed by atoms with Crippen LogP contribution in [0.2, 0.25) is 0 Å². The minimum atomic E-state index is -0.449. The lowest BCUT2D eigenvalue weighted by Gasteiger charge is -2.62. The fraction of sp³-hybridized carbons (Fsp3) is 0. The quantitative estimate of drug-likeness (QED) is 0.0607. The third-order valence-electron chi connectivity index (χ3n) is 5.64. The van der Waals surface area contributed by atoms with Gasteiger partial charge in [0, 0.05) is 0 Å². The van der Waals surface area contributed by atoms with Gasteiger partial charge in [-0.2, -0.15) is 0 Å². The Kier molecular flexibility index (Phi) is 73.1. The Bertz CT molecular complexity index is 1040. The zero-order valence-electron chi connectivity index (χ0n) is 33.2. The van der Waals surface area contributed by atoms with E-state index in [1.165, 1.54) is 0 Å². The van der Waals surface area contributed by atoms with Crippen LogP contribution in [-0.2, 0) is 0 Å². The van der Waals surface area contributed by atoms with E-state index in [-0.39, 0.29) is 210 Å². The van der Waals surface area contributed by atoms with E-state index < -0.39 is 6.99 Å². The fourth-order valence-corrected chi connectivity index (χ4v) is 937. The monoisotopic (exact) mass is 2080 g/mol. The Morgan fingerprint density at radius 1 is 0.185 bits per heavy atom. The second-order valence-electron chi connectivity index (χ2n) is 10.2. The summed E-state index contributed by atoms with van der Waals surface area (Å²) in [5, 5.41) is 0. The summed E-state index contributed by atoms with van der Waals surface area (Å²) in [5.41, 5.74) is 0. The Balaban J connectivity index is 11.2. The van der Waals surface area contributed by atoms with Crippen LogP contribution in [0.3, 0.4) is 0 Å². The standard InChI is InChI=1S/H64P65/c1-34-51(35(2)3)59(50(32)33)63(58(48(28)29)49(30)31)65(62(56(44(20)21)45(22)23)57(46(24)25)47(26)27)64(60(52(36(4)5)37(6)7)53(38(8)9)39(10)11)61(54(40(12)13)41(14)15)55(42(16)17)43(18)19/h1-3,34H,4-33H2/q-3. The van der Waals surface area contributed by atoms with Crippen LogP contribution < -0.4 is 0 Å². The molecule has 0 aliphatic carbocycles. The van der Waals surface area contributed by atoms with Gasteiger partial charge in [-0.25, -0.2) is 0 Å². The highest BCUT2D eigenvalue weighted by molar-refractivity contribution is 9.55. The van der Waals surface area contributed by atoms with Crippen LogP contribution in [-0.4, -0.2) is 0 Å². The van der Waals surface area contributed by atoms with Gasteiger partial charge in [-0.05, 0) is 203 Å². The van der Waals surface area contributed by atoms with E-state index in [4.69, 9.17) is 0 Å². The summed E-state index contributed by atoms with van der Waals surface area (Å²) in [4.78, 5) is 0. The maximum Gasteiger partial charge on any atom is -0.0000107 e. The van der Waals surface area contributed by atoms with E-state index in [0.29, 0.717) is 0 Å². The van der Waals surface area contributed by atoms with Gasteiger partial charge in [0.05, 0.1) is 0 Å². The SMILES string of the molecule is [PH-]PP(P([PH-])[PH-])P(P(P)P)P(P(P(P)P)P(P)P)P(P(P(P(P)P)P(P)P)P(P(P)P)P(P)P)P(P(P(P(P)P)P(P)P)P(P(P)P)P(P)P)P(P(P(P)P)P(P)P)P(P(P)P)P(P)P. The largest absolute Gasteiger partial charge is 0.553 e. The Hall–Kier alpha value is 27.9. The smallest absolute Gasteiger partial charge is 0.0000107 e. The minimum absolute atomic E-state index is 0.236. The molecule has 0 saturated carbocycles. The van der Waals surface area contributed by atoms with Gasteiger partial charge in [0.25, 0.3) is 0 Å². The third kappa shape index (κ3) is 33.1. The second-order valence-corrected chi connectivity index (χ2v) is 275. The molecule has 0 aromatic heterocycles. The average Bonchev–Trinajstić information content (AvgIpc) is 3.08. The molecule has 0 nitrogen and oxygen atoms in total. The molecule has 0 aromatic rings. The lowest BCUT2D eigenvalue weighted by molar-refractivity contribution is 4.33. The Morgan fingerprint density at radius 3 is 0.385 bits per heavy atom. The van der Waals surface area contributed by atoms with Crippen LogP contribution >= 0.6 is 519 Å². The number of rotatable bonds is 31. The summed E-state index contributed by atoms with van der Waals surface area (Å²) in [6, 6.07) is 0. The van der Waals surface area contributed by atoms with Crippen LogP contribution in [0.15, 0.2) is 0 Å². The van der Waals surface area contributed by atoms with Crippen LogP contribution in [0.4, 0.5) is 0 Å². The van der Waals surface area contributed by atoms with Crippen molar-refractivity contribution in [2.24, 2.45) is 0 Å². The molecule has 0 amide bonds. The van der Waals surface area contributed by atoms with E-state index in [1.54, 1.807) is 0 Å². The fourth-order valence-electron chi connectivity index (χ4n) is 3.86. The number of hydrogen-bond donors (Lipinski definition) is 0. The molecule has 0 bridgehead atoms. The second kappa shape index (κ2) is 51.1. The molecule has 392 valence electrons. The molecule has 0 rings (SSSR count). The molecule has 0 spiro atoms. The zero-order valence-corrected chi connectivity index (χ0v) is 99.6. The first kappa shape index (κ1) is 93.0. The molecule has 65 heteroatoms. The maximum atomic E-state index is 4.51. The average molecular weight is 2080 g/mol. The van der Waals surface area contributed by atoms with Crippen LogP contribution in [0.5, 0.6) is 0 Å². The van der Waals surface area contributed by atoms with Crippen molar-refractivity contribution in [3.8, 4) is 0 Å². The summed E-state index contributed by atoms with van der Waals surface area (Å²) in [7, 11) is 122. The highest BCUT2D eigenvalue weighted by Crippen LogP contribution is 3.49. The maximum absolute atomic E-state index is 4.51. The Morgan fingerprint density at radius 2 is 0.292 bits per heavy atom. The van der Waals surface area contributed by atoms with Crippen molar-refractivity contribution in [2.75, 3.05) is 0 Å². The van der Waals surface area contributed by atoms with Crippen LogP contribution in [0.1, 0.15) is 0 Å². The van der Waals surface area contributed by atoms with Crippen molar-refractivity contribution >= 4 is 519 Å². The van der Waals surface area contributed by atoms with Gasteiger partial charge >= 0.3 is 0 Å². The first-order chi connectivity index (χ1) is 29.6. The highest BCUT2D eigenvalue weighted by Gasteiger charge is 2.61. The molecule has 0 aromatic carbocycles. The number of hydrogen-bond acceptors (Lipinski definition) is 0. The molecule has 0 aliphatic rings. The molecule has 35 atom stereocenters. The van der Waals surface area contributed by atoms with Crippen molar-refractivity contribution in [3.63, 3.8) is 0 Å². The molecule has 0 fully saturated rings. The summed E-state index contributed by atoms with van der Waals surface area (Å²) < 4.78 is 0. The molecular weight excluding hydrogens is 2010 g/mol. The van der Waals surface area contributed by atoms with Crippen LogP contribution in [0.25, 0.3) is 0 Å². The molecule has 0 saturated heterocycles. The summed E-state index contributed by atoms with van der Waals surface area (Å²) in [5.74, 6) is 0. The molecule has 35 unspecified atom stereocenters. The first-order valence-electron chi connectivity index (χ1n) is 14.7. The topological polar surface area (TPSA) is 0 Å². The molecule has 0 heterocycles. The first-order valence-corrected chi connectivity index (χ1v) is 132. The van der Waals surface area contributed by atoms with Gasteiger partial charge in [-0.15, -0.1) is 275 Å². The van der Waals surface area contributed by atoms with E-state index in [2.05, 4.69) is 295 Å². The van der Waals surface area contributed by atoms with Crippen molar-refractivity contribution in [1.29, 1.82) is 0 Å². The molecule has 0 N–H and O–H groups in total. The predicted octanol–water partition coefficient (Wildman–Crippen LogP) is 38.8. The third-order valence-corrected chi connectivity index (χ3v) is 457. The van der Waals surface area contributed by atoms with Crippen molar-refractivity contribution in [2.45, 2.75) is 0 Å². The van der Waals surface area contributed by atoms with Crippen molar-refractivity contribution in [1.82, 2.24) is 0 Å². The minimum Gasteiger partial charge on any atom is -0.553 e. The van der Waals surface area contributed by atoms with Crippen molar-refractivity contribution < 1.29 is 0 Å². The summed E-state index contributed by atoms with van der Waals surface area (Å²) in [6.45, 7) is -8.89. The van der Waals surface area contributed by atoms with Gasteiger partial charge in [-0.3, -0.25) is 7.96 Å². The van der Waals surface area contributed by atoms with E-state index in [9.17, 15) is 0 Å². The van der Waals surface area contributed by atoms with Crippen molar-refractivity contribution in [3.05, 3.63) is 0 Å². The Labute approximate surface area is 511 Å². The van der Waals surface area contributed by atoms with E-state index >= 15 is 0 Å². The molecule has 65 heavy (non-hydrogen) atoms. The van der Waals surface area contributed by atoms with Gasteiger partial charge < -0.3 is 33.8 Å². The van der Waals surface area contributed by atoms with Gasteiger partial charge in [-0.1, -0.05) is 0 Å². The predicted molar refractivity (Wildman–Crippen MR) is 539 cm³/mol. The lowest BCUT2D eigenvalue weighted by Crippen LogP contribution is -1.73. The molecule has 0 radical (unpaired) electrons. The van der Waals surface area contributed by atoms with Gasteiger partial charge in [0.1, 0.15) is 0 Å². The zero-order chi connectivity index (χ0) is 51.6. The molecular formula is H64P65-3. The normalized spacial score (nSPS) is 16.4. The lowest BCUT2D eigenvalue weighted by atomic mass is 28.4. The van der Waals surface area contributed by atoms with Crippen LogP contribution in [0, 0.1) is 0 Å². The van der Waals surface area contributed by atoms with E-state index in [0.717, 1.165) is 7.96 Å². The summed E-state index contributed by atoms with van der Waals surface area (Å²) >= 11 is 0. The van der Waals surface area contributed by atoms with E-state index in [1.807, 2.05) is 0 Å². The summed E-state index contributed by atoms with van der Waals surface area (Å²) in [6.07, 6.45) is 0. The molecule has 0 aliphatic heterocycles. The highest BCUT2D eigenvalue weighted by atomic mass is 33.6. The van der Waals surface area contributed by atoms with Gasteiger partial charge in [0.15, 0.2) is 0 Å². The van der Waals surface area contributed by atoms with Gasteiger partial charge in [0.2, 0.25) is 0 Å².